The predicted octanol–water partition coefficient (Wildman–Crippen LogP) is -0.769. The second kappa shape index (κ2) is 9.88. The fourth-order valence-electron chi connectivity index (χ4n) is 3.63. The Bertz CT molecular complexity index is 764. The molecule has 0 atom stereocenters. The second-order valence-corrected chi connectivity index (χ2v) is 8.08. The highest BCUT2D eigenvalue weighted by Crippen LogP contribution is 2.37. The molecule has 0 aromatic carbocycles. The number of nitrogens with one attached hydrogen (secondary N) is 1. The third kappa shape index (κ3) is 4.77. The first-order valence-corrected chi connectivity index (χ1v) is 10.0. The van der Waals surface area contributed by atoms with Crippen LogP contribution in [0.2, 0.25) is 10.3 Å². The summed E-state index contributed by atoms with van der Waals surface area (Å²) >= 11 is 12.4. The second-order valence-electron chi connectivity index (χ2n) is 7.30. The molecular formula is C20H25Cl3N4O. The van der Waals surface area contributed by atoms with E-state index in [1.165, 1.54) is 4.90 Å². The molecule has 5 nitrogen and oxygen atoms in total. The maximum absolute atomic E-state index is 13.9. The van der Waals surface area contributed by atoms with Gasteiger partial charge in [0, 0.05) is 19.5 Å². The molecule has 0 radical (unpaired) electrons. The zero-order valence-corrected chi connectivity index (χ0v) is 18.4. The van der Waals surface area contributed by atoms with Crippen LogP contribution in [0.4, 0.5) is 0 Å². The molecule has 1 N–H and O–H groups in total. The monoisotopic (exact) mass is 442 g/mol. The van der Waals surface area contributed by atoms with Gasteiger partial charge in [-0.05, 0) is 37.1 Å². The maximum Gasteiger partial charge on any atom is 0.241 e. The molecule has 1 fully saturated rings. The van der Waals surface area contributed by atoms with Crippen LogP contribution in [0.15, 0.2) is 36.4 Å². The minimum atomic E-state index is -1.00. The fourth-order valence-corrected chi connectivity index (χ4v) is 3.96. The molecule has 2 aromatic rings. The van der Waals surface area contributed by atoms with E-state index < -0.39 is 5.41 Å². The highest BCUT2D eigenvalue weighted by molar-refractivity contribution is 6.29. The number of quaternary nitrogens is 1. The Kier molecular flexibility index (Phi) is 8.07. The lowest BCUT2D eigenvalue weighted by Crippen LogP contribution is -3.06. The molecule has 1 aliphatic rings. The van der Waals surface area contributed by atoms with Gasteiger partial charge in [0.2, 0.25) is 5.91 Å². The summed E-state index contributed by atoms with van der Waals surface area (Å²) in [5.74, 6) is 0.0331. The summed E-state index contributed by atoms with van der Waals surface area (Å²) in [5, 5.41) is 0.732. The standard InChI is InChI=1S/C20H24Cl2N4O.ClH/c1-25(2)14-11-20(15-7-5-9-17(21)23-15,16-8-6-10-18(22)24-16)19(27)26-12-3-4-13-26;/h5-10H,3-4,11-14H2,1-2H3;1H. The van der Waals surface area contributed by atoms with Crippen molar-refractivity contribution in [1.29, 1.82) is 0 Å². The van der Waals surface area contributed by atoms with E-state index in [-0.39, 0.29) is 18.3 Å². The Balaban J connectivity index is 0.00000280. The Morgan fingerprint density at radius 1 is 1.04 bits per heavy atom. The number of pyridine rings is 2. The number of hydrogen-bond acceptors (Lipinski definition) is 3. The molecule has 1 amide bonds. The molecule has 28 heavy (non-hydrogen) atoms. The summed E-state index contributed by atoms with van der Waals surface area (Å²) < 4.78 is 0. The summed E-state index contributed by atoms with van der Waals surface area (Å²) in [6.07, 6.45) is 2.62. The molecule has 152 valence electrons. The molecule has 0 spiro atoms. The SMILES string of the molecule is C[NH+](C)CCC(C(=O)N1CCCC1)(c1cccc(Cl)n1)c1cccc(Cl)n1.[Cl-]. The third-order valence-corrected chi connectivity index (χ3v) is 5.48. The van der Waals surface area contributed by atoms with Crippen LogP contribution in [-0.4, -0.2) is 54.5 Å². The van der Waals surface area contributed by atoms with Crippen molar-refractivity contribution in [2.45, 2.75) is 24.7 Å². The van der Waals surface area contributed by atoms with Gasteiger partial charge in [-0.1, -0.05) is 35.3 Å². The molecule has 1 saturated heterocycles. The maximum atomic E-state index is 13.9. The molecule has 2 aromatic heterocycles. The van der Waals surface area contributed by atoms with Crippen LogP contribution < -0.4 is 17.3 Å². The number of amides is 1. The third-order valence-electron chi connectivity index (χ3n) is 5.06. The van der Waals surface area contributed by atoms with E-state index in [9.17, 15) is 4.79 Å². The van der Waals surface area contributed by atoms with Crippen molar-refractivity contribution in [1.82, 2.24) is 14.9 Å². The van der Waals surface area contributed by atoms with Crippen LogP contribution in [0, 0.1) is 0 Å². The van der Waals surface area contributed by atoms with Gasteiger partial charge in [-0.25, -0.2) is 9.97 Å². The summed E-state index contributed by atoms with van der Waals surface area (Å²) in [4.78, 5) is 26.1. The molecule has 3 rings (SSSR count). The highest BCUT2D eigenvalue weighted by atomic mass is 35.5. The number of halogens is 3. The predicted molar refractivity (Wildman–Crippen MR) is 107 cm³/mol. The summed E-state index contributed by atoms with van der Waals surface area (Å²) in [6.45, 7) is 2.30. The normalized spacial score (nSPS) is 14.2. The van der Waals surface area contributed by atoms with Gasteiger partial charge in [-0.2, -0.15) is 0 Å². The molecule has 0 saturated carbocycles. The van der Waals surface area contributed by atoms with E-state index >= 15 is 0 Å². The van der Waals surface area contributed by atoms with E-state index in [4.69, 9.17) is 23.2 Å². The highest BCUT2D eigenvalue weighted by Gasteiger charge is 2.48. The largest absolute Gasteiger partial charge is 1.00 e. The van der Waals surface area contributed by atoms with Crippen molar-refractivity contribution in [3.8, 4) is 0 Å². The quantitative estimate of drug-likeness (QED) is 0.597. The lowest BCUT2D eigenvalue weighted by molar-refractivity contribution is -0.858. The van der Waals surface area contributed by atoms with E-state index in [0.717, 1.165) is 32.5 Å². The first kappa shape index (κ1) is 22.9. The van der Waals surface area contributed by atoms with Gasteiger partial charge in [0.1, 0.15) is 15.7 Å². The van der Waals surface area contributed by atoms with Gasteiger partial charge in [0.15, 0.2) is 0 Å². The van der Waals surface area contributed by atoms with Gasteiger partial charge in [0.25, 0.3) is 0 Å². The smallest absolute Gasteiger partial charge is 0.241 e. The summed E-state index contributed by atoms with van der Waals surface area (Å²) in [7, 11) is 4.14. The van der Waals surface area contributed by atoms with Gasteiger partial charge in [-0.15, -0.1) is 0 Å². The minimum absolute atomic E-state index is 0. The number of carbonyl (C=O) groups is 1. The topological polar surface area (TPSA) is 50.5 Å². The Labute approximate surface area is 182 Å². The molecule has 8 heteroatoms. The zero-order valence-electron chi connectivity index (χ0n) is 16.1. The average Bonchev–Trinajstić information content (AvgIpc) is 3.17. The number of nitrogens with zero attached hydrogens (tertiary/aromatic N) is 3. The number of aromatic nitrogens is 2. The van der Waals surface area contributed by atoms with Gasteiger partial charge < -0.3 is 22.2 Å². The molecule has 1 aliphatic heterocycles. The molecule has 3 heterocycles. The molecule has 0 bridgehead atoms. The van der Waals surface area contributed by atoms with Crippen molar-refractivity contribution >= 4 is 29.1 Å². The lowest BCUT2D eigenvalue weighted by atomic mass is 9.75. The lowest BCUT2D eigenvalue weighted by Gasteiger charge is -2.35. The number of likely N-dealkylation sites (tertiary alicyclic amines) is 1. The van der Waals surface area contributed by atoms with Gasteiger partial charge in [0.05, 0.1) is 32.0 Å². The van der Waals surface area contributed by atoms with Crippen LogP contribution in [0.5, 0.6) is 0 Å². The Morgan fingerprint density at radius 3 is 1.96 bits per heavy atom. The van der Waals surface area contributed by atoms with Crippen molar-refractivity contribution in [3.63, 3.8) is 0 Å². The molecular weight excluding hydrogens is 419 g/mol. The summed E-state index contributed by atoms with van der Waals surface area (Å²) in [5.41, 5.74) is 0.253. The van der Waals surface area contributed by atoms with Crippen molar-refractivity contribution in [2.24, 2.45) is 0 Å². The summed E-state index contributed by atoms with van der Waals surface area (Å²) in [6, 6.07) is 10.9. The van der Waals surface area contributed by atoms with E-state index in [0.29, 0.717) is 28.1 Å². The number of carbonyl (C=O) groups excluding carboxylic acids is 1. The van der Waals surface area contributed by atoms with E-state index in [2.05, 4.69) is 24.1 Å². The number of rotatable bonds is 6. The number of hydrogen-bond donors (Lipinski definition) is 1. The van der Waals surface area contributed by atoms with Gasteiger partial charge >= 0.3 is 0 Å². The fraction of sp³-hybridized carbons (Fsp3) is 0.450. The van der Waals surface area contributed by atoms with Crippen LogP contribution in [0.25, 0.3) is 0 Å². The molecule has 0 aliphatic carbocycles. The van der Waals surface area contributed by atoms with Crippen LogP contribution >= 0.6 is 23.2 Å². The Morgan fingerprint density at radius 2 is 1.54 bits per heavy atom. The minimum Gasteiger partial charge on any atom is -1.00 e. The van der Waals surface area contributed by atoms with Crippen molar-refractivity contribution < 1.29 is 22.1 Å². The average molecular weight is 444 g/mol. The van der Waals surface area contributed by atoms with Crippen molar-refractivity contribution in [2.75, 3.05) is 33.7 Å². The Hall–Kier alpha value is -1.40. The van der Waals surface area contributed by atoms with Crippen LogP contribution in [0.3, 0.4) is 0 Å². The molecule has 0 unspecified atom stereocenters. The van der Waals surface area contributed by atoms with E-state index in [1.807, 2.05) is 29.2 Å². The first-order chi connectivity index (χ1) is 12.9. The van der Waals surface area contributed by atoms with Crippen LogP contribution in [-0.2, 0) is 10.2 Å². The van der Waals surface area contributed by atoms with Crippen molar-refractivity contribution in [3.05, 3.63) is 58.1 Å². The van der Waals surface area contributed by atoms with E-state index in [1.54, 1.807) is 12.1 Å². The zero-order chi connectivity index (χ0) is 19.4. The van der Waals surface area contributed by atoms with Crippen LogP contribution in [0.1, 0.15) is 30.7 Å². The van der Waals surface area contributed by atoms with Gasteiger partial charge in [-0.3, -0.25) is 4.79 Å². The first-order valence-electron chi connectivity index (χ1n) is 9.28.